The average Bonchev–Trinajstić information content (AvgIpc) is 3.46. The minimum Gasteiger partial charge on any atom is -0.325 e. The van der Waals surface area contributed by atoms with Crippen LogP contribution in [0.4, 0.5) is 16.5 Å². The van der Waals surface area contributed by atoms with Crippen molar-refractivity contribution in [2.45, 2.75) is 10.8 Å². The number of hydrogen-bond acceptors (Lipinski definition) is 8. The Morgan fingerprint density at radius 1 is 1.10 bits per heavy atom. The number of nitrogens with one attached hydrogen (secondary N) is 2. The third-order valence-corrected chi connectivity index (χ3v) is 7.61. The normalized spacial score (nSPS) is 16.1. The van der Waals surface area contributed by atoms with Crippen LogP contribution in [0.5, 0.6) is 0 Å². The Morgan fingerprint density at radius 2 is 1.93 bits per heavy atom. The fraction of sp³-hybridized carbons (Fsp3) is 0.0526. The van der Waals surface area contributed by atoms with Crippen LogP contribution in [0.3, 0.4) is 0 Å². The van der Waals surface area contributed by atoms with E-state index in [4.69, 9.17) is 0 Å². The molecule has 4 aromatic rings. The molecule has 2 aromatic carbocycles. The van der Waals surface area contributed by atoms with Gasteiger partial charge >= 0.3 is 0 Å². The molecule has 0 aliphatic carbocycles. The molecule has 11 heteroatoms. The van der Waals surface area contributed by atoms with Gasteiger partial charge in [-0.15, -0.1) is 22.7 Å². The van der Waals surface area contributed by atoms with Crippen LogP contribution >= 0.6 is 22.7 Å². The zero-order valence-electron chi connectivity index (χ0n) is 15.1. The number of amides is 1. The molecule has 0 spiro atoms. The fourth-order valence-electron chi connectivity index (χ4n) is 3.17. The Hall–Kier alpha value is -3.15. The predicted molar refractivity (Wildman–Crippen MR) is 119 cm³/mol. The SMILES string of the molecule is O=C1Nc2ccc3ncsc3c2C1C=Nc1ccc(S(=O)(=O)Nc2nccs2)cc1. The van der Waals surface area contributed by atoms with Gasteiger partial charge in [0.1, 0.15) is 5.92 Å². The minimum absolute atomic E-state index is 0.104. The third kappa shape index (κ3) is 3.36. The number of benzene rings is 2. The maximum Gasteiger partial charge on any atom is 0.263 e. The monoisotopic (exact) mass is 455 g/mol. The summed E-state index contributed by atoms with van der Waals surface area (Å²) < 4.78 is 28.2. The van der Waals surface area contributed by atoms with E-state index in [-0.39, 0.29) is 10.8 Å². The third-order valence-electron chi connectivity index (χ3n) is 4.56. The summed E-state index contributed by atoms with van der Waals surface area (Å²) in [6.45, 7) is 0. The largest absolute Gasteiger partial charge is 0.325 e. The van der Waals surface area contributed by atoms with Gasteiger partial charge in [-0.05, 0) is 36.4 Å². The molecule has 3 heterocycles. The fourth-order valence-corrected chi connectivity index (χ4v) is 5.84. The van der Waals surface area contributed by atoms with E-state index in [1.54, 1.807) is 29.2 Å². The molecule has 8 nitrogen and oxygen atoms in total. The van der Waals surface area contributed by atoms with Crippen molar-refractivity contribution in [3.8, 4) is 0 Å². The van der Waals surface area contributed by atoms with Gasteiger partial charge in [-0.3, -0.25) is 14.5 Å². The van der Waals surface area contributed by atoms with Crippen LogP contribution in [0.2, 0.25) is 0 Å². The minimum atomic E-state index is -3.72. The van der Waals surface area contributed by atoms with Gasteiger partial charge in [-0.25, -0.2) is 18.4 Å². The molecule has 1 aliphatic rings. The van der Waals surface area contributed by atoms with Crippen molar-refractivity contribution in [3.63, 3.8) is 0 Å². The molecular formula is C19H13N5O3S3. The molecule has 0 saturated heterocycles. The second-order valence-electron chi connectivity index (χ2n) is 6.41. The van der Waals surface area contributed by atoms with E-state index in [1.807, 2.05) is 12.1 Å². The Bertz CT molecular complexity index is 1380. The van der Waals surface area contributed by atoms with E-state index in [0.29, 0.717) is 10.8 Å². The molecule has 0 bridgehead atoms. The highest BCUT2D eigenvalue weighted by atomic mass is 32.2. The molecule has 1 unspecified atom stereocenters. The molecule has 1 atom stereocenters. The Kier molecular flexibility index (Phi) is 4.57. The van der Waals surface area contributed by atoms with Gasteiger partial charge in [-0.2, -0.15) is 0 Å². The van der Waals surface area contributed by atoms with E-state index in [1.165, 1.54) is 41.0 Å². The smallest absolute Gasteiger partial charge is 0.263 e. The first-order valence-corrected chi connectivity index (χ1v) is 12.0. The first kappa shape index (κ1) is 18.9. The van der Waals surface area contributed by atoms with Gasteiger partial charge in [0.25, 0.3) is 10.0 Å². The van der Waals surface area contributed by atoms with Crippen molar-refractivity contribution in [2.24, 2.45) is 4.99 Å². The number of nitrogens with zero attached hydrogens (tertiary/aromatic N) is 3. The van der Waals surface area contributed by atoms with Crippen molar-refractivity contribution in [2.75, 3.05) is 10.0 Å². The number of sulfonamides is 1. The molecule has 1 aliphatic heterocycles. The molecule has 0 fully saturated rings. The van der Waals surface area contributed by atoms with E-state index in [9.17, 15) is 13.2 Å². The quantitative estimate of drug-likeness (QED) is 0.442. The lowest BCUT2D eigenvalue weighted by Crippen LogP contribution is -2.13. The van der Waals surface area contributed by atoms with Crippen LogP contribution in [0.15, 0.2) is 63.4 Å². The van der Waals surface area contributed by atoms with Crippen LogP contribution in [0.1, 0.15) is 11.5 Å². The summed E-state index contributed by atoms with van der Waals surface area (Å²) in [5, 5.41) is 4.86. The number of rotatable bonds is 5. The van der Waals surface area contributed by atoms with Gasteiger partial charge in [-0.1, -0.05) is 0 Å². The highest BCUT2D eigenvalue weighted by molar-refractivity contribution is 7.93. The van der Waals surface area contributed by atoms with Crippen LogP contribution < -0.4 is 10.0 Å². The lowest BCUT2D eigenvalue weighted by Gasteiger charge is -2.06. The van der Waals surface area contributed by atoms with E-state index >= 15 is 0 Å². The molecule has 150 valence electrons. The Morgan fingerprint density at radius 3 is 2.70 bits per heavy atom. The van der Waals surface area contributed by atoms with Gasteiger partial charge in [0.15, 0.2) is 5.13 Å². The van der Waals surface area contributed by atoms with E-state index in [0.717, 1.165) is 21.5 Å². The van der Waals surface area contributed by atoms with E-state index < -0.39 is 15.9 Å². The molecule has 2 aromatic heterocycles. The number of anilines is 2. The second kappa shape index (κ2) is 7.27. The van der Waals surface area contributed by atoms with Crippen molar-refractivity contribution in [1.82, 2.24) is 9.97 Å². The molecule has 2 N–H and O–H groups in total. The van der Waals surface area contributed by atoms with Crippen LogP contribution in [-0.2, 0) is 14.8 Å². The van der Waals surface area contributed by atoms with Crippen LogP contribution in [0, 0.1) is 0 Å². The number of hydrogen-bond donors (Lipinski definition) is 2. The van der Waals surface area contributed by atoms with Gasteiger partial charge in [0, 0.05) is 29.0 Å². The molecule has 1 amide bonds. The maximum atomic E-state index is 12.4. The van der Waals surface area contributed by atoms with E-state index in [2.05, 4.69) is 25.0 Å². The lowest BCUT2D eigenvalue weighted by atomic mass is 10.0. The summed E-state index contributed by atoms with van der Waals surface area (Å²) in [6, 6.07) is 9.84. The molecule has 0 radical (unpaired) electrons. The van der Waals surface area contributed by atoms with Crippen molar-refractivity contribution >= 4 is 71.5 Å². The van der Waals surface area contributed by atoms with Crippen molar-refractivity contribution in [3.05, 3.63) is 59.0 Å². The first-order valence-electron chi connectivity index (χ1n) is 8.75. The van der Waals surface area contributed by atoms with Crippen LogP contribution in [-0.4, -0.2) is 30.5 Å². The number of carbonyl (C=O) groups excluding carboxylic acids is 1. The number of carbonyl (C=O) groups is 1. The molecule has 0 saturated carbocycles. The Balaban J connectivity index is 1.39. The number of aromatic nitrogens is 2. The van der Waals surface area contributed by atoms with Gasteiger partial charge in [0.2, 0.25) is 5.91 Å². The number of fused-ring (bicyclic) bond motifs is 3. The standard InChI is InChI=1S/C19H13N5O3S3/c25-18-13(16-14(23-18)5-6-15-17(16)29-10-22-15)9-21-11-1-3-12(4-2-11)30(26,27)24-19-20-7-8-28-19/h1-10,13H,(H,20,24)(H,23,25). The highest BCUT2D eigenvalue weighted by Gasteiger charge is 2.31. The molecule has 5 rings (SSSR count). The second-order valence-corrected chi connectivity index (χ2v) is 9.84. The van der Waals surface area contributed by atoms with Crippen molar-refractivity contribution < 1.29 is 13.2 Å². The van der Waals surface area contributed by atoms with Gasteiger partial charge in [0.05, 0.1) is 26.3 Å². The zero-order chi connectivity index (χ0) is 20.7. The molecule has 30 heavy (non-hydrogen) atoms. The number of aliphatic imine (C=N–C) groups is 1. The summed E-state index contributed by atoms with van der Waals surface area (Å²) in [7, 11) is -3.72. The topological polar surface area (TPSA) is 113 Å². The average molecular weight is 456 g/mol. The summed E-state index contributed by atoms with van der Waals surface area (Å²) in [6.07, 6.45) is 3.11. The summed E-state index contributed by atoms with van der Waals surface area (Å²) in [4.78, 5) is 25.2. The lowest BCUT2D eigenvalue weighted by molar-refractivity contribution is -0.115. The summed E-state index contributed by atoms with van der Waals surface area (Å²) >= 11 is 2.68. The zero-order valence-corrected chi connectivity index (χ0v) is 17.6. The predicted octanol–water partition coefficient (Wildman–Crippen LogP) is 3.99. The summed E-state index contributed by atoms with van der Waals surface area (Å²) in [5.74, 6) is -0.680. The van der Waals surface area contributed by atoms with Gasteiger partial charge < -0.3 is 5.32 Å². The maximum absolute atomic E-state index is 12.4. The first-order chi connectivity index (χ1) is 14.5. The number of thiazole rings is 2. The Labute approximate surface area is 179 Å². The summed E-state index contributed by atoms with van der Waals surface area (Å²) in [5.41, 5.74) is 4.77. The van der Waals surface area contributed by atoms with Crippen LogP contribution in [0.25, 0.3) is 10.2 Å². The highest BCUT2D eigenvalue weighted by Crippen LogP contribution is 2.39. The molecular weight excluding hydrogens is 442 g/mol. The van der Waals surface area contributed by atoms with Crippen molar-refractivity contribution in [1.29, 1.82) is 0 Å².